The Morgan fingerprint density at radius 3 is 2.54 bits per heavy atom. The van der Waals surface area contributed by atoms with Crippen LogP contribution in [0, 0.1) is 6.92 Å². The Morgan fingerprint density at radius 1 is 1.11 bits per heavy atom. The number of aryl methyl sites for hydroxylation is 2. The van der Waals surface area contributed by atoms with E-state index in [0.717, 1.165) is 31.4 Å². The third kappa shape index (κ3) is 2.53. The standard InChI is InChI=1S/C21H13ClN2O2S2/c1-10-5-12-13(8-15(10)22)20(26)14(19(12)25)6-11-7-16-18(28-11)9-17(24(16)2)21-23-3-4-27-21/h3-9H,1-2H3/b14-6+. The fourth-order valence-corrected chi connectivity index (χ4v) is 5.41. The van der Waals surface area contributed by atoms with Gasteiger partial charge in [-0.05, 0) is 42.8 Å². The minimum Gasteiger partial charge on any atom is -0.341 e. The first kappa shape index (κ1) is 17.6. The summed E-state index contributed by atoms with van der Waals surface area (Å²) in [6.45, 7) is 1.83. The highest BCUT2D eigenvalue weighted by atomic mass is 35.5. The molecule has 0 spiro atoms. The van der Waals surface area contributed by atoms with Crippen molar-refractivity contribution < 1.29 is 9.59 Å². The van der Waals surface area contributed by atoms with Crippen LogP contribution in [0.1, 0.15) is 31.2 Å². The number of hydrogen-bond acceptors (Lipinski definition) is 5. The lowest BCUT2D eigenvalue weighted by Crippen LogP contribution is -1.99. The first-order chi connectivity index (χ1) is 13.4. The molecule has 4 nitrogen and oxygen atoms in total. The molecule has 1 aromatic carbocycles. The zero-order chi connectivity index (χ0) is 19.6. The molecule has 0 atom stereocenters. The highest BCUT2D eigenvalue weighted by Gasteiger charge is 2.34. The zero-order valence-corrected chi connectivity index (χ0v) is 17.3. The van der Waals surface area contributed by atoms with E-state index in [9.17, 15) is 9.59 Å². The second-order valence-electron chi connectivity index (χ2n) is 6.69. The van der Waals surface area contributed by atoms with Crippen molar-refractivity contribution in [3.05, 3.63) is 68.0 Å². The number of ketones is 2. The van der Waals surface area contributed by atoms with Crippen molar-refractivity contribution in [1.29, 1.82) is 0 Å². The van der Waals surface area contributed by atoms with Crippen LogP contribution >= 0.6 is 34.3 Å². The number of halogens is 1. The van der Waals surface area contributed by atoms with E-state index >= 15 is 0 Å². The number of fused-ring (bicyclic) bond motifs is 2. The van der Waals surface area contributed by atoms with Gasteiger partial charge in [-0.2, -0.15) is 0 Å². The number of carbonyl (C=O) groups excluding carboxylic acids is 2. The molecule has 0 amide bonds. The van der Waals surface area contributed by atoms with Gasteiger partial charge < -0.3 is 4.57 Å². The van der Waals surface area contributed by atoms with E-state index in [0.29, 0.717) is 16.1 Å². The van der Waals surface area contributed by atoms with E-state index < -0.39 is 0 Å². The SMILES string of the molecule is Cc1cc2c(cc1Cl)C(=O)/C(=C/c1cc3c(cc(-c4nccs4)n3C)s1)C2=O. The second kappa shape index (κ2) is 6.24. The van der Waals surface area contributed by atoms with Gasteiger partial charge in [0, 0.05) is 39.7 Å². The molecule has 3 aromatic heterocycles. The van der Waals surface area contributed by atoms with Crippen LogP contribution in [0.2, 0.25) is 5.02 Å². The Labute approximate surface area is 173 Å². The van der Waals surface area contributed by atoms with Crippen LogP contribution in [0.25, 0.3) is 27.0 Å². The number of aromatic nitrogens is 2. The molecule has 0 aliphatic heterocycles. The van der Waals surface area contributed by atoms with Crippen LogP contribution in [0.4, 0.5) is 0 Å². The summed E-state index contributed by atoms with van der Waals surface area (Å²) < 4.78 is 3.18. The van der Waals surface area contributed by atoms with E-state index in [1.807, 2.05) is 25.4 Å². The lowest BCUT2D eigenvalue weighted by molar-refractivity contribution is 0.0990. The molecule has 138 valence electrons. The third-order valence-corrected chi connectivity index (χ3v) is 7.19. The zero-order valence-electron chi connectivity index (χ0n) is 14.9. The number of Topliss-reactive ketones (excluding diaryl/α,β-unsaturated/α-hetero) is 2. The molecule has 7 heteroatoms. The number of rotatable bonds is 2. The van der Waals surface area contributed by atoms with Crippen molar-refractivity contribution in [3.63, 3.8) is 0 Å². The van der Waals surface area contributed by atoms with E-state index in [1.54, 1.807) is 47.1 Å². The predicted molar refractivity (Wildman–Crippen MR) is 115 cm³/mol. The number of thiophene rings is 1. The molecular weight excluding hydrogens is 412 g/mol. The minimum atomic E-state index is -0.261. The van der Waals surface area contributed by atoms with E-state index in [-0.39, 0.29) is 17.1 Å². The molecule has 0 N–H and O–H groups in total. The Bertz CT molecular complexity index is 1280. The van der Waals surface area contributed by atoms with E-state index in [2.05, 4.69) is 15.6 Å². The van der Waals surface area contributed by atoms with Gasteiger partial charge in [0.05, 0.1) is 21.5 Å². The third-order valence-electron chi connectivity index (χ3n) is 4.97. The maximum atomic E-state index is 12.8. The molecule has 1 aliphatic rings. The molecular formula is C21H13ClN2O2S2. The Kier molecular flexibility index (Phi) is 3.91. The molecule has 5 rings (SSSR count). The molecule has 0 saturated carbocycles. The topological polar surface area (TPSA) is 52.0 Å². The first-order valence-corrected chi connectivity index (χ1v) is 10.6. The van der Waals surface area contributed by atoms with Gasteiger partial charge in [-0.3, -0.25) is 9.59 Å². The van der Waals surface area contributed by atoms with Crippen LogP contribution in [0.3, 0.4) is 0 Å². The van der Waals surface area contributed by atoms with Gasteiger partial charge >= 0.3 is 0 Å². The number of hydrogen-bond donors (Lipinski definition) is 0. The molecule has 3 heterocycles. The number of thiazole rings is 1. The smallest absolute Gasteiger partial charge is 0.197 e. The molecule has 4 aromatic rings. The fraction of sp³-hybridized carbons (Fsp3) is 0.0952. The van der Waals surface area contributed by atoms with Crippen LogP contribution in [0.15, 0.2) is 41.4 Å². The van der Waals surface area contributed by atoms with Crippen LogP contribution in [-0.2, 0) is 7.05 Å². The Morgan fingerprint density at radius 2 is 1.86 bits per heavy atom. The monoisotopic (exact) mass is 424 g/mol. The van der Waals surface area contributed by atoms with Gasteiger partial charge in [-0.15, -0.1) is 22.7 Å². The van der Waals surface area contributed by atoms with Crippen LogP contribution in [-0.4, -0.2) is 21.1 Å². The minimum absolute atomic E-state index is 0.198. The summed E-state index contributed by atoms with van der Waals surface area (Å²) in [5.74, 6) is -0.497. The molecule has 0 saturated heterocycles. The lowest BCUT2D eigenvalue weighted by Gasteiger charge is -2.00. The first-order valence-electron chi connectivity index (χ1n) is 8.54. The van der Waals surface area contributed by atoms with Crippen LogP contribution in [0.5, 0.6) is 0 Å². The number of benzene rings is 1. The maximum absolute atomic E-state index is 12.8. The highest BCUT2D eigenvalue weighted by molar-refractivity contribution is 7.20. The average Bonchev–Trinajstić information content (AvgIpc) is 3.41. The Balaban J connectivity index is 1.57. The molecule has 0 fully saturated rings. The summed E-state index contributed by atoms with van der Waals surface area (Å²) in [6.07, 6.45) is 3.49. The van der Waals surface area contributed by atoms with Crippen molar-refractivity contribution >= 4 is 62.1 Å². The summed E-state index contributed by atoms with van der Waals surface area (Å²) in [4.78, 5) is 30.8. The van der Waals surface area contributed by atoms with Gasteiger partial charge in [0.1, 0.15) is 5.01 Å². The van der Waals surface area contributed by atoms with Crippen molar-refractivity contribution in [2.45, 2.75) is 6.92 Å². The van der Waals surface area contributed by atoms with E-state index in [1.165, 1.54) is 0 Å². The predicted octanol–water partition coefficient (Wildman–Crippen LogP) is 5.79. The molecule has 0 radical (unpaired) electrons. The summed E-state index contributed by atoms with van der Waals surface area (Å²) in [5, 5.41) is 3.42. The molecule has 0 bridgehead atoms. The van der Waals surface area contributed by atoms with E-state index in [4.69, 9.17) is 11.6 Å². The lowest BCUT2D eigenvalue weighted by atomic mass is 10.1. The largest absolute Gasteiger partial charge is 0.341 e. The Hall–Kier alpha value is -2.54. The van der Waals surface area contributed by atoms with Gasteiger partial charge in [-0.25, -0.2) is 4.98 Å². The van der Waals surface area contributed by atoms with Gasteiger partial charge in [-0.1, -0.05) is 11.6 Å². The van der Waals surface area contributed by atoms with Gasteiger partial charge in [0.25, 0.3) is 0 Å². The highest BCUT2D eigenvalue weighted by Crippen LogP contribution is 2.37. The summed E-state index contributed by atoms with van der Waals surface area (Å²) >= 11 is 9.29. The van der Waals surface area contributed by atoms with Gasteiger partial charge in [0.15, 0.2) is 11.6 Å². The number of allylic oxidation sites excluding steroid dienone is 1. The van der Waals surface area contributed by atoms with Crippen LogP contribution < -0.4 is 0 Å². The summed E-state index contributed by atoms with van der Waals surface area (Å²) in [5.41, 5.74) is 3.92. The van der Waals surface area contributed by atoms with Gasteiger partial charge in [0.2, 0.25) is 0 Å². The quantitative estimate of drug-likeness (QED) is 0.302. The number of nitrogens with zero attached hydrogens (tertiary/aromatic N) is 2. The van der Waals surface area contributed by atoms with Crippen molar-refractivity contribution in [2.75, 3.05) is 0 Å². The fourth-order valence-electron chi connectivity index (χ4n) is 3.48. The van der Waals surface area contributed by atoms with Crippen molar-refractivity contribution in [1.82, 2.24) is 9.55 Å². The average molecular weight is 425 g/mol. The molecule has 0 unspecified atom stereocenters. The van der Waals surface area contributed by atoms with Crippen molar-refractivity contribution in [2.24, 2.45) is 7.05 Å². The summed E-state index contributed by atoms with van der Waals surface area (Å²) in [7, 11) is 2.00. The second-order valence-corrected chi connectivity index (χ2v) is 9.10. The molecule has 1 aliphatic carbocycles. The number of carbonyl (C=O) groups is 2. The molecule has 28 heavy (non-hydrogen) atoms. The maximum Gasteiger partial charge on any atom is 0.197 e. The van der Waals surface area contributed by atoms with Crippen molar-refractivity contribution in [3.8, 4) is 10.7 Å². The summed E-state index contributed by atoms with van der Waals surface area (Å²) in [6, 6.07) is 7.39. The normalized spacial score (nSPS) is 15.2.